The van der Waals surface area contributed by atoms with Gasteiger partial charge >= 0.3 is 5.97 Å². The fourth-order valence-corrected chi connectivity index (χ4v) is 2.83. The van der Waals surface area contributed by atoms with Crippen molar-refractivity contribution in [3.8, 4) is 11.3 Å². The Kier molecular flexibility index (Phi) is 3.68. The van der Waals surface area contributed by atoms with Gasteiger partial charge in [-0.05, 0) is 31.5 Å². The number of ether oxygens (including phenoxy) is 1. The van der Waals surface area contributed by atoms with E-state index in [0.29, 0.717) is 17.9 Å². The standard InChI is InChI=1S/C18H17N5O2/c1-3-12-8-16(18(24)25-4-2)21-17-9-14(22-23(12)17)11-5-6-13-15(7-11)20-10-19-13/h5-10H,3-4H2,1-2H3,(H,19,20). The van der Waals surface area contributed by atoms with Crippen LogP contribution in [0.1, 0.15) is 30.0 Å². The molecule has 7 heteroatoms. The number of imidazole rings is 1. The van der Waals surface area contributed by atoms with Gasteiger partial charge in [0.2, 0.25) is 0 Å². The molecule has 0 aliphatic rings. The molecule has 3 aromatic heterocycles. The third-order valence-electron chi connectivity index (χ3n) is 4.06. The van der Waals surface area contributed by atoms with Gasteiger partial charge in [-0.15, -0.1) is 0 Å². The molecular weight excluding hydrogens is 318 g/mol. The monoisotopic (exact) mass is 335 g/mol. The van der Waals surface area contributed by atoms with E-state index >= 15 is 0 Å². The van der Waals surface area contributed by atoms with E-state index in [2.05, 4.69) is 20.1 Å². The molecule has 4 rings (SSSR count). The molecule has 25 heavy (non-hydrogen) atoms. The summed E-state index contributed by atoms with van der Waals surface area (Å²) >= 11 is 0. The molecule has 0 atom stereocenters. The lowest BCUT2D eigenvalue weighted by Crippen LogP contribution is -2.10. The van der Waals surface area contributed by atoms with Gasteiger partial charge in [0.25, 0.3) is 0 Å². The molecule has 0 saturated carbocycles. The predicted octanol–water partition coefficient (Wildman–Crippen LogP) is 3.01. The zero-order chi connectivity index (χ0) is 17.4. The summed E-state index contributed by atoms with van der Waals surface area (Å²) in [5.41, 5.74) is 5.45. The highest BCUT2D eigenvalue weighted by Crippen LogP contribution is 2.23. The molecule has 0 fully saturated rings. The number of rotatable bonds is 4. The Morgan fingerprint density at radius 3 is 2.92 bits per heavy atom. The Bertz CT molecular complexity index is 1080. The third-order valence-corrected chi connectivity index (χ3v) is 4.06. The van der Waals surface area contributed by atoms with E-state index < -0.39 is 5.97 Å². The van der Waals surface area contributed by atoms with Crippen LogP contribution in [0.2, 0.25) is 0 Å². The van der Waals surface area contributed by atoms with Crippen LogP contribution in [0.5, 0.6) is 0 Å². The summed E-state index contributed by atoms with van der Waals surface area (Å²) in [7, 11) is 0. The number of aromatic amines is 1. The highest BCUT2D eigenvalue weighted by molar-refractivity contribution is 5.88. The van der Waals surface area contributed by atoms with Crippen LogP contribution in [0.4, 0.5) is 0 Å². The average Bonchev–Trinajstić information content (AvgIpc) is 3.26. The first-order valence-corrected chi connectivity index (χ1v) is 8.20. The normalized spacial score (nSPS) is 11.3. The SMILES string of the molecule is CCOC(=O)c1cc(CC)n2nc(-c3ccc4nc[nH]c4c3)cc2n1. The number of carbonyl (C=O) groups is 1. The number of nitrogens with one attached hydrogen (secondary N) is 1. The second kappa shape index (κ2) is 6.01. The minimum absolute atomic E-state index is 0.307. The van der Waals surface area contributed by atoms with Gasteiger partial charge in [-0.3, -0.25) is 0 Å². The molecular formula is C18H17N5O2. The number of fused-ring (bicyclic) bond motifs is 2. The maximum atomic E-state index is 12.0. The first-order valence-electron chi connectivity index (χ1n) is 8.20. The van der Waals surface area contributed by atoms with Gasteiger partial charge in [-0.1, -0.05) is 13.0 Å². The molecule has 0 bridgehead atoms. The Morgan fingerprint density at radius 1 is 1.24 bits per heavy atom. The maximum absolute atomic E-state index is 12.0. The minimum atomic E-state index is -0.415. The highest BCUT2D eigenvalue weighted by atomic mass is 16.5. The molecule has 0 radical (unpaired) electrons. The molecule has 0 aliphatic carbocycles. The fraction of sp³-hybridized carbons (Fsp3) is 0.222. The number of hydrogen-bond acceptors (Lipinski definition) is 5. The van der Waals surface area contributed by atoms with E-state index in [1.54, 1.807) is 23.8 Å². The van der Waals surface area contributed by atoms with E-state index in [1.807, 2.05) is 31.2 Å². The van der Waals surface area contributed by atoms with Crippen LogP contribution < -0.4 is 0 Å². The van der Waals surface area contributed by atoms with Crippen LogP contribution in [-0.2, 0) is 11.2 Å². The Balaban J connectivity index is 1.84. The maximum Gasteiger partial charge on any atom is 0.357 e. The Labute approximate surface area is 143 Å². The number of nitrogens with zero attached hydrogens (tertiary/aromatic N) is 4. The van der Waals surface area contributed by atoms with E-state index in [9.17, 15) is 4.79 Å². The van der Waals surface area contributed by atoms with Gasteiger partial charge < -0.3 is 9.72 Å². The first-order chi connectivity index (χ1) is 12.2. The van der Waals surface area contributed by atoms with Gasteiger partial charge in [-0.2, -0.15) is 5.10 Å². The zero-order valence-electron chi connectivity index (χ0n) is 14.0. The summed E-state index contributed by atoms with van der Waals surface area (Å²) < 4.78 is 6.84. The second-order valence-electron chi connectivity index (χ2n) is 5.64. The summed E-state index contributed by atoms with van der Waals surface area (Å²) in [5.74, 6) is -0.415. The van der Waals surface area contributed by atoms with Crippen LogP contribution >= 0.6 is 0 Å². The summed E-state index contributed by atoms with van der Waals surface area (Å²) in [6.45, 7) is 4.11. The number of aryl methyl sites for hydroxylation is 1. The molecule has 1 N–H and O–H groups in total. The number of esters is 1. The zero-order valence-corrected chi connectivity index (χ0v) is 14.0. The lowest BCUT2D eigenvalue weighted by Gasteiger charge is -2.05. The van der Waals surface area contributed by atoms with Crippen LogP contribution in [0.15, 0.2) is 36.7 Å². The number of carbonyl (C=O) groups excluding carboxylic acids is 1. The number of hydrogen-bond donors (Lipinski definition) is 1. The molecule has 4 aromatic rings. The predicted molar refractivity (Wildman–Crippen MR) is 93.4 cm³/mol. The van der Waals surface area contributed by atoms with Gasteiger partial charge in [0.05, 0.1) is 29.7 Å². The summed E-state index contributed by atoms with van der Waals surface area (Å²) in [6.07, 6.45) is 2.40. The molecule has 7 nitrogen and oxygen atoms in total. The Hall–Kier alpha value is -3.22. The van der Waals surface area contributed by atoms with Crippen molar-refractivity contribution in [1.29, 1.82) is 0 Å². The Morgan fingerprint density at radius 2 is 2.12 bits per heavy atom. The second-order valence-corrected chi connectivity index (χ2v) is 5.64. The minimum Gasteiger partial charge on any atom is -0.461 e. The molecule has 0 unspecified atom stereocenters. The molecule has 3 heterocycles. The van der Waals surface area contributed by atoms with E-state index in [-0.39, 0.29) is 0 Å². The highest BCUT2D eigenvalue weighted by Gasteiger charge is 2.15. The van der Waals surface area contributed by atoms with Gasteiger partial charge in [0.1, 0.15) is 0 Å². The van der Waals surface area contributed by atoms with Crippen molar-refractivity contribution in [2.24, 2.45) is 0 Å². The van der Waals surface area contributed by atoms with E-state index in [4.69, 9.17) is 4.74 Å². The molecule has 0 saturated heterocycles. The third kappa shape index (κ3) is 2.63. The number of benzene rings is 1. The lowest BCUT2D eigenvalue weighted by molar-refractivity contribution is 0.0519. The van der Waals surface area contributed by atoms with Crippen molar-refractivity contribution in [3.63, 3.8) is 0 Å². The fourth-order valence-electron chi connectivity index (χ4n) is 2.83. The molecule has 0 amide bonds. The summed E-state index contributed by atoms with van der Waals surface area (Å²) in [4.78, 5) is 23.8. The smallest absolute Gasteiger partial charge is 0.357 e. The van der Waals surface area contributed by atoms with Crippen LogP contribution in [0.25, 0.3) is 27.9 Å². The first kappa shape index (κ1) is 15.3. The largest absolute Gasteiger partial charge is 0.461 e. The van der Waals surface area contributed by atoms with Crippen LogP contribution in [0.3, 0.4) is 0 Å². The van der Waals surface area contributed by atoms with Crippen LogP contribution in [0, 0.1) is 0 Å². The van der Waals surface area contributed by atoms with Gasteiger partial charge in [0, 0.05) is 17.3 Å². The molecule has 1 aromatic carbocycles. The van der Waals surface area contributed by atoms with E-state index in [0.717, 1.165) is 34.4 Å². The van der Waals surface area contributed by atoms with Gasteiger partial charge in [0.15, 0.2) is 11.3 Å². The van der Waals surface area contributed by atoms with Crippen molar-refractivity contribution in [1.82, 2.24) is 24.6 Å². The summed E-state index contributed by atoms with van der Waals surface area (Å²) in [6, 6.07) is 9.54. The topological polar surface area (TPSA) is 85.2 Å². The quantitative estimate of drug-likeness (QED) is 0.579. The molecule has 0 spiro atoms. The van der Waals surface area contributed by atoms with Crippen LogP contribution in [-0.4, -0.2) is 37.1 Å². The van der Waals surface area contributed by atoms with Crippen molar-refractivity contribution in [2.45, 2.75) is 20.3 Å². The molecule has 0 aliphatic heterocycles. The van der Waals surface area contributed by atoms with Gasteiger partial charge in [-0.25, -0.2) is 19.3 Å². The van der Waals surface area contributed by atoms with Crippen molar-refractivity contribution < 1.29 is 9.53 Å². The average molecular weight is 335 g/mol. The summed E-state index contributed by atoms with van der Waals surface area (Å²) in [5, 5.41) is 4.66. The lowest BCUT2D eigenvalue weighted by atomic mass is 10.1. The molecule has 126 valence electrons. The van der Waals surface area contributed by atoms with Crippen molar-refractivity contribution >= 4 is 22.6 Å². The van der Waals surface area contributed by atoms with Crippen molar-refractivity contribution in [3.05, 3.63) is 48.0 Å². The van der Waals surface area contributed by atoms with E-state index in [1.165, 1.54) is 0 Å². The number of H-pyrrole nitrogens is 1. The van der Waals surface area contributed by atoms with Crippen molar-refractivity contribution in [2.75, 3.05) is 6.61 Å². The number of aromatic nitrogens is 5.